The summed E-state index contributed by atoms with van der Waals surface area (Å²) >= 11 is 0. The number of nitrogens with zero attached hydrogens (tertiary/aromatic N) is 2. The molecular formula is C21H24N4O6S. The van der Waals surface area contributed by atoms with Gasteiger partial charge in [0.2, 0.25) is 15.9 Å². The van der Waals surface area contributed by atoms with Crippen molar-refractivity contribution < 1.29 is 22.4 Å². The van der Waals surface area contributed by atoms with Gasteiger partial charge in [-0.3, -0.25) is 25.0 Å². The molecule has 170 valence electrons. The summed E-state index contributed by atoms with van der Waals surface area (Å²) in [7, 11) is -2.55. The van der Waals surface area contributed by atoms with Crippen LogP contribution in [0.4, 0.5) is 0 Å². The molecule has 1 aromatic heterocycles. The number of sulfonamides is 1. The molecule has 0 spiro atoms. The summed E-state index contributed by atoms with van der Waals surface area (Å²) in [5, 5.41) is 0. The molecule has 2 N–H and O–H groups in total. The van der Waals surface area contributed by atoms with Crippen LogP contribution in [0.2, 0.25) is 0 Å². The third-order valence-electron chi connectivity index (χ3n) is 4.80. The quantitative estimate of drug-likeness (QED) is 0.485. The number of carbonyl (C=O) groups is 2. The van der Waals surface area contributed by atoms with Gasteiger partial charge in [0.05, 0.1) is 17.0 Å². The molecule has 2 aromatic carbocycles. The molecule has 0 aliphatic heterocycles. The lowest BCUT2D eigenvalue weighted by Gasteiger charge is -2.17. The molecule has 11 heteroatoms. The Bertz CT molecular complexity index is 1280. The van der Waals surface area contributed by atoms with E-state index in [1.165, 1.54) is 23.7 Å². The molecule has 3 rings (SSSR count). The fourth-order valence-corrected chi connectivity index (χ4v) is 4.17. The Morgan fingerprint density at radius 2 is 1.69 bits per heavy atom. The van der Waals surface area contributed by atoms with Crippen LogP contribution in [0.5, 0.6) is 0 Å². The zero-order valence-corrected chi connectivity index (χ0v) is 18.5. The molecule has 0 unspecified atom stereocenters. The lowest BCUT2D eigenvalue weighted by molar-refractivity contribution is -0.129. The molecule has 10 nitrogen and oxygen atoms in total. The van der Waals surface area contributed by atoms with Gasteiger partial charge < -0.3 is 4.42 Å². The predicted molar refractivity (Wildman–Crippen MR) is 117 cm³/mol. The van der Waals surface area contributed by atoms with Crippen molar-refractivity contribution in [3.63, 3.8) is 0 Å². The number of aryl methyl sites for hydroxylation is 2. The van der Waals surface area contributed by atoms with Gasteiger partial charge >= 0.3 is 5.76 Å². The van der Waals surface area contributed by atoms with Crippen molar-refractivity contribution in [3.8, 4) is 0 Å². The summed E-state index contributed by atoms with van der Waals surface area (Å²) in [5.74, 6) is -1.66. The molecular weight excluding hydrogens is 436 g/mol. The van der Waals surface area contributed by atoms with Crippen molar-refractivity contribution in [2.24, 2.45) is 0 Å². The number of hydrazine groups is 1. The van der Waals surface area contributed by atoms with Gasteiger partial charge in [-0.05, 0) is 37.6 Å². The number of hydrogen-bond donors (Lipinski definition) is 2. The van der Waals surface area contributed by atoms with Crippen molar-refractivity contribution in [2.75, 3.05) is 13.6 Å². The fourth-order valence-electron chi connectivity index (χ4n) is 3.04. The van der Waals surface area contributed by atoms with Crippen LogP contribution in [0.15, 0.2) is 62.6 Å². The van der Waals surface area contributed by atoms with Gasteiger partial charge in [0.1, 0.15) is 0 Å². The van der Waals surface area contributed by atoms with Gasteiger partial charge in [0.25, 0.3) is 5.91 Å². The maximum Gasteiger partial charge on any atom is 0.419 e. The smallest absolute Gasteiger partial charge is 0.408 e. The van der Waals surface area contributed by atoms with Gasteiger partial charge in [0.15, 0.2) is 5.58 Å². The van der Waals surface area contributed by atoms with Crippen molar-refractivity contribution in [3.05, 3.63) is 64.6 Å². The van der Waals surface area contributed by atoms with Crippen LogP contribution in [0.25, 0.3) is 11.1 Å². The number of nitrogens with one attached hydrogen (secondary N) is 2. The predicted octanol–water partition coefficient (Wildman–Crippen LogP) is 1.15. The Morgan fingerprint density at radius 1 is 1.03 bits per heavy atom. The van der Waals surface area contributed by atoms with E-state index >= 15 is 0 Å². The monoisotopic (exact) mass is 460 g/mol. The first-order chi connectivity index (χ1) is 15.2. The van der Waals surface area contributed by atoms with Crippen LogP contribution >= 0.6 is 0 Å². The normalized spacial score (nSPS) is 11.6. The second kappa shape index (κ2) is 9.79. The Balaban J connectivity index is 1.45. The number of likely N-dealkylation sites (N-methyl/N-ethyl adjacent to an activating group) is 1. The number of amides is 2. The van der Waals surface area contributed by atoms with Crippen LogP contribution in [-0.4, -0.2) is 42.7 Å². The molecule has 32 heavy (non-hydrogen) atoms. The molecule has 1 heterocycles. The van der Waals surface area contributed by atoms with Crippen molar-refractivity contribution in [2.45, 2.75) is 31.2 Å². The Morgan fingerprint density at radius 3 is 2.41 bits per heavy atom. The summed E-state index contributed by atoms with van der Waals surface area (Å²) in [6.07, 6.45) is 0.385. The number of para-hydroxylation sites is 2. The highest BCUT2D eigenvalue weighted by atomic mass is 32.2. The minimum Gasteiger partial charge on any atom is -0.408 e. The average Bonchev–Trinajstić information content (AvgIpc) is 3.07. The van der Waals surface area contributed by atoms with Gasteiger partial charge in [0, 0.05) is 20.0 Å². The van der Waals surface area contributed by atoms with Crippen LogP contribution in [0, 0.1) is 6.92 Å². The maximum absolute atomic E-state index is 12.5. The minimum absolute atomic E-state index is 0.0454. The highest BCUT2D eigenvalue weighted by Gasteiger charge is 2.23. The second-order valence-electron chi connectivity index (χ2n) is 7.26. The van der Waals surface area contributed by atoms with E-state index in [1.807, 2.05) is 6.92 Å². The molecule has 0 saturated heterocycles. The summed E-state index contributed by atoms with van der Waals surface area (Å²) in [6, 6.07) is 13.3. The van der Waals surface area contributed by atoms with E-state index in [0.717, 1.165) is 9.87 Å². The maximum atomic E-state index is 12.5. The van der Waals surface area contributed by atoms with Crippen molar-refractivity contribution >= 4 is 32.9 Å². The van der Waals surface area contributed by atoms with E-state index in [2.05, 4.69) is 10.9 Å². The molecule has 0 fully saturated rings. The zero-order chi connectivity index (χ0) is 23.3. The first kappa shape index (κ1) is 23.2. The summed E-state index contributed by atoms with van der Waals surface area (Å²) < 4.78 is 32.5. The number of carbonyl (C=O) groups excluding carboxylic acids is 2. The minimum atomic E-state index is -3.83. The molecule has 0 saturated carbocycles. The van der Waals surface area contributed by atoms with Gasteiger partial charge in [-0.25, -0.2) is 13.2 Å². The van der Waals surface area contributed by atoms with Gasteiger partial charge in [-0.15, -0.1) is 0 Å². The van der Waals surface area contributed by atoms with Gasteiger partial charge in [-0.1, -0.05) is 29.8 Å². The lowest BCUT2D eigenvalue weighted by atomic mass is 10.2. The van der Waals surface area contributed by atoms with E-state index < -0.39 is 34.1 Å². The molecule has 0 aliphatic rings. The van der Waals surface area contributed by atoms with E-state index in [1.54, 1.807) is 36.4 Å². The zero-order valence-electron chi connectivity index (χ0n) is 17.7. The Labute approximate surface area is 184 Å². The molecule has 0 atom stereocenters. The van der Waals surface area contributed by atoms with Gasteiger partial charge in [-0.2, -0.15) is 4.31 Å². The standard InChI is InChI=1S/C21H24N4O6S/c1-15-9-11-16(12-10-15)32(29,30)24(2)14-20(27)23-22-19(26)8-5-13-25-17-6-3-4-7-18(17)31-21(25)28/h3-4,6-7,9-12H,5,8,13-14H2,1-2H3,(H,22,26)(H,23,27). The third kappa shape index (κ3) is 5.42. The number of oxazole rings is 1. The summed E-state index contributed by atoms with van der Waals surface area (Å²) in [6.45, 7) is 1.65. The number of rotatable bonds is 8. The second-order valence-corrected chi connectivity index (χ2v) is 9.31. The highest BCUT2D eigenvalue weighted by molar-refractivity contribution is 7.89. The topological polar surface area (TPSA) is 131 Å². The number of aromatic nitrogens is 1. The van der Waals surface area contributed by atoms with E-state index in [-0.39, 0.29) is 17.9 Å². The van der Waals surface area contributed by atoms with E-state index in [0.29, 0.717) is 17.5 Å². The molecule has 0 radical (unpaired) electrons. The average molecular weight is 461 g/mol. The van der Waals surface area contributed by atoms with E-state index in [9.17, 15) is 22.8 Å². The van der Waals surface area contributed by atoms with Crippen molar-refractivity contribution in [1.82, 2.24) is 19.7 Å². The first-order valence-corrected chi connectivity index (χ1v) is 11.3. The molecule has 0 bridgehead atoms. The number of benzene rings is 2. The van der Waals surface area contributed by atoms with Crippen molar-refractivity contribution in [1.29, 1.82) is 0 Å². The Kier molecular flexibility index (Phi) is 7.11. The molecule has 0 aliphatic carbocycles. The van der Waals surface area contributed by atoms with Crippen LogP contribution in [0.3, 0.4) is 0 Å². The molecule has 2 amide bonds. The SMILES string of the molecule is Cc1ccc(S(=O)(=O)N(C)CC(=O)NNC(=O)CCCn2c(=O)oc3ccccc32)cc1. The summed E-state index contributed by atoms with van der Waals surface area (Å²) in [5.41, 5.74) is 6.48. The number of hydrogen-bond acceptors (Lipinski definition) is 6. The summed E-state index contributed by atoms with van der Waals surface area (Å²) in [4.78, 5) is 36.0. The van der Waals surface area contributed by atoms with Crippen LogP contribution in [-0.2, 0) is 26.2 Å². The highest BCUT2D eigenvalue weighted by Crippen LogP contribution is 2.15. The lowest BCUT2D eigenvalue weighted by Crippen LogP contribution is -2.46. The Hall–Kier alpha value is -3.44. The van der Waals surface area contributed by atoms with E-state index in [4.69, 9.17) is 4.42 Å². The first-order valence-electron chi connectivity index (χ1n) is 9.87. The largest absolute Gasteiger partial charge is 0.419 e. The van der Waals surface area contributed by atoms with Crippen LogP contribution < -0.4 is 16.6 Å². The van der Waals surface area contributed by atoms with Crippen LogP contribution in [0.1, 0.15) is 18.4 Å². The third-order valence-corrected chi connectivity index (χ3v) is 6.61. The molecule has 3 aromatic rings. The fraction of sp³-hybridized carbons (Fsp3) is 0.286. The number of fused-ring (bicyclic) bond motifs is 1.